The van der Waals surface area contributed by atoms with Crippen LogP contribution in [0, 0.1) is 5.82 Å². The Bertz CT molecular complexity index is 1400. The highest BCUT2D eigenvalue weighted by Crippen LogP contribution is 2.27. The molecule has 11 heteroatoms. The van der Waals surface area contributed by atoms with Gasteiger partial charge in [0.1, 0.15) is 18.4 Å². The van der Waals surface area contributed by atoms with Crippen LogP contribution in [0.5, 0.6) is 0 Å². The molecule has 3 aromatic rings. The fourth-order valence-corrected chi connectivity index (χ4v) is 5.43. The van der Waals surface area contributed by atoms with Gasteiger partial charge >= 0.3 is 0 Å². The average molecular weight is 609 g/mol. The van der Waals surface area contributed by atoms with Gasteiger partial charge in [0, 0.05) is 29.1 Å². The van der Waals surface area contributed by atoms with E-state index in [0.29, 0.717) is 12.0 Å². The zero-order valence-electron chi connectivity index (χ0n) is 22.5. The Morgan fingerprint density at radius 3 is 2.10 bits per heavy atom. The first-order valence-electron chi connectivity index (χ1n) is 12.7. The summed E-state index contributed by atoms with van der Waals surface area (Å²) in [5.74, 6) is -1.46. The maximum absolute atomic E-state index is 14.0. The lowest BCUT2D eigenvalue weighted by atomic mass is 10.0. The van der Waals surface area contributed by atoms with Gasteiger partial charge in [0.25, 0.3) is 0 Å². The molecule has 0 aliphatic rings. The van der Waals surface area contributed by atoms with Crippen molar-refractivity contribution in [2.75, 3.05) is 17.1 Å². The maximum atomic E-state index is 14.0. The highest BCUT2D eigenvalue weighted by molar-refractivity contribution is 7.92. The third-order valence-electron chi connectivity index (χ3n) is 6.35. The first kappa shape index (κ1) is 31.4. The van der Waals surface area contributed by atoms with Gasteiger partial charge in [0.15, 0.2) is 0 Å². The van der Waals surface area contributed by atoms with Crippen molar-refractivity contribution in [3.8, 4) is 0 Å². The lowest BCUT2D eigenvalue weighted by molar-refractivity contribution is -0.140. The molecule has 0 radical (unpaired) electrons. The molecule has 0 heterocycles. The predicted octanol–water partition coefficient (Wildman–Crippen LogP) is 5.45. The number of sulfonamides is 1. The van der Waals surface area contributed by atoms with E-state index in [9.17, 15) is 22.4 Å². The van der Waals surface area contributed by atoms with Gasteiger partial charge in [0.2, 0.25) is 21.8 Å². The van der Waals surface area contributed by atoms with E-state index < -0.39 is 34.3 Å². The number of carbonyl (C=O) groups excluding carboxylic acids is 2. The molecule has 2 atom stereocenters. The van der Waals surface area contributed by atoms with Crippen LogP contribution >= 0.6 is 23.2 Å². The van der Waals surface area contributed by atoms with E-state index in [1.165, 1.54) is 47.4 Å². The maximum Gasteiger partial charge on any atom is 0.244 e. The van der Waals surface area contributed by atoms with Crippen molar-refractivity contribution in [3.63, 3.8) is 0 Å². The van der Waals surface area contributed by atoms with Crippen molar-refractivity contribution < 1.29 is 22.4 Å². The Kier molecular flexibility index (Phi) is 11.0. The minimum atomic E-state index is -3.97. The van der Waals surface area contributed by atoms with Gasteiger partial charge in [-0.1, -0.05) is 72.6 Å². The Labute approximate surface area is 244 Å². The number of carbonyl (C=O) groups is 2. The number of amides is 2. The first-order valence-corrected chi connectivity index (χ1v) is 15.3. The molecule has 2 amide bonds. The van der Waals surface area contributed by atoms with Crippen LogP contribution in [0.15, 0.2) is 72.8 Å². The number of benzene rings is 3. The Hall–Kier alpha value is -3.14. The largest absolute Gasteiger partial charge is 0.352 e. The number of rotatable bonds is 12. The number of anilines is 1. The minimum Gasteiger partial charge on any atom is -0.352 e. The Balaban J connectivity index is 2.07. The van der Waals surface area contributed by atoms with Crippen LogP contribution in [0.4, 0.5) is 10.1 Å². The molecular weight excluding hydrogens is 576 g/mol. The molecule has 214 valence electrons. The molecule has 0 unspecified atom stereocenters. The molecule has 0 fully saturated rings. The first-order chi connectivity index (χ1) is 18.9. The summed E-state index contributed by atoms with van der Waals surface area (Å²) in [6.07, 6.45) is 1.82. The topological polar surface area (TPSA) is 86.8 Å². The summed E-state index contributed by atoms with van der Waals surface area (Å²) < 4.78 is 40.2. The monoisotopic (exact) mass is 607 g/mol. The molecule has 7 nitrogen and oxygen atoms in total. The number of nitrogens with one attached hydrogen (secondary N) is 1. The fourth-order valence-electron chi connectivity index (χ4n) is 4.08. The van der Waals surface area contributed by atoms with Crippen molar-refractivity contribution in [2.45, 2.75) is 45.3 Å². The van der Waals surface area contributed by atoms with Crippen LogP contribution in [0.1, 0.15) is 31.4 Å². The molecule has 40 heavy (non-hydrogen) atoms. The predicted molar refractivity (Wildman–Crippen MR) is 157 cm³/mol. The third kappa shape index (κ3) is 8.94. The lowest BCUT2D eigenvalue weighted by Crippen LogP contribution is -2.54. The highest BCUT2D eigenvalue weighted by atomic mass is 35.5. The van der Waals surface area contributed by atoms with E-state index in [0.717, 1.165) is 16.1 Å². The van der Waals surface area contributed by atoms with Gasteiger partial charge in [-0.25, -0.2) is 12.8 Å². The second kappa shape index (κ2) is 14.0. The number of hydrogen-bond acceptors (Lipinski definition) is 4. The molecule has 3 aromatic carbocycles. The standard InChI is InChI=1S/C29H32Cl2FN3O4S/c1-4-20(2)33-29(37)27(14-21-8-6-5-7-9-21)34(18-22-10-12-25(32)13-11-22)28(36)19-35(40(3,38)39)26-16-23(30)15-24(31)17-26/h5-13,15-17,20,27H,4,14,18-19H2,1-3H3,(H,33,37)/t20-,27+/m1/s1. The molecule has 0 aliphatic heterocycles. The Morgan fingerprint density at radius 1 is 0.950 bits per heavy atom. The number of hydrogen-bond donors (Lipinski definition) is 1. The third-order valence-corrected chi connectivity index (χ3v) is 7.93. The number of nitrogens with zero attached hydrogens (tertiary/aromatic N) is 2. The van der Waals surface area contributed by atoms with Crippen LogP contribution < -0.4 is 9.62 Å². The van der Waals surface area contributed by atoms with Crippen LogP contribution in [0.3, 0.4) is 0 Å². The summed E-state index contributed by atoms with van der Waals surface area (Å²) in [7, 11) is -3.97. The summed E-state index contributed by atoms with van der Waals surface area (Å²) in [5, 5.41) is 3.34. The van der Waals surface area contributed by atoms with Gasteiger partial charge in [-0.2, -0.15) is 0 Å². The summed E-state index contributed by atoms with van der Waals surface area (Å²) in [6, 6.07) is 17.9. The molecular formula is C29H32Cl2FN3O4S. The zero-order chi connectivity index (χ0) is 29.4. The fraction of sp³-hybridized carbons (Fsp3) is 0.310. The van der Waals surface area contributed by atoms with E-state index >= 15 is 0 Å². The van der Waals surface area contributed by atoms with Crippen molar-refractivity contribution in [3.05, 3.63) is 99.8 Å². The van der Waals surface area contributed by atoms with Crippen LogP contribution in [0.25, 0.3) is 0 Å². The smallest absolute Gasteiger partial charge is 0.244 e. The van der Waals surface area contributed by atoms with Gasteiger partial charge in [-0.05, 0) is 54.8 Å². The summed E-state index contributed by atoms with van der Waals surface area (Å²) in [4.78, 5) is 29.0. The lowest BCUT2D eigenvalue weighted by Gasteiger charge is -2.34. The van der Waals surface area contributed by atoms with Crippen molar-refractivity contribution >= 4 is 50.7 Å². The summed E-state index contributed by atoms with van der Waals surface area (Å²) in [5.41, 5.74) is 1.49. The van der Waals surface area contributed by atoms with Gasteiger partial charge in [0.05, 0.1) is 11.9 Å². The average Bonchev–Trinajstić information content (AvgIpc) is 2.89. The van der Waals surface area contributed by atoms with E-state index in [1.54, 1.807) is 0 Å². The Morgan fingerprint density at radius 2 is 1.55 bits per heavy atom. The molecule has 0 aliphatic carbocycles. The SMILES string of the molecule is CC[C@@H](C)NC(=O)[C@H](Cc1ccccc1)N(Cc1ccc(F)cc1)C(=O)CN(c1cc(Cl)cc(Cl)c1)S(C)(=O)=O. The van der Waals surface area contributed by atoms with Crippen LogP contribution in [-0.2, 0) is 32.6 Å². The molecule has 0 aromatic heterocycles. The van der Waals surface area contributed by atoms with Crippen molar-refractivity contribution in [1.82, 2.24) is 10.2 Å². The normalized spacial score (nSPS) is 12.8. The summed E-state index contributed by atoms with van der Waals surface area (Å²) in [6.45, 7) is 3.12. The molecule has 0 saturated heterocycles. The number of halogens is 3. The quantitative estimate of drug-likeness (QED) is 0.296. The van der Waals surface area contributed by atoms with Gasteiger partial charge < -0.3 is 10.2 Å². The highest BCUT2D eigenvalue weighted by Gasteiger charge is 2.33. The van der Waals surface area contributed by atoms with E-state index in [2.05, 4.69) is 5.32 Å². The van der Waals surface area contributed by atoms with Gasteiger partial charge in [-0.3, -0.25) is 13.9 Å². The van der Waals surface area contributed by atoms with Gasteiger partial charge in [-0.15, -0.1) is 0 Å². The molecule has 1 N–H and O–H groups in total. The second-order valence-corrected chi connectivity index (χ2v) is 12.3. The van der Waals surface area contributed by atoms with Crippen molar-refractivity contribution in [1.29, 1.82) is 0 Å². The van der Waals surface area contributed by atoms with E-state index in [-0.39, 0.29) is 40.6 Å². The van der Waals surface area contributed by atoms with Crippen LogP contribution in [-0.4, -0.2) is 50.0 Å². The molecule has 3 rings (SSSR count). The van der Waals surface area contributed by atoms with E-state index in [4.69, 9.17) is 23.2 Å². The minimum absolute atomic E-state index is 0.0571. The van der Waals surface area contributed by atoms with Crippen LogP contribution in [0.2, 0.25) is 10.0 Å². The molecule has 0 bridgehead atoms. The van der Waals surface area contributed by atoms with Crippen molar-refractivity contribution in [2.24, 2.45) is 0 Å². The second-order valence-electron chi connectivity index (χ2n) is 9.57. The molecule has 0 spiro atoms. The molecule has 0 saturated carbocycles. The summed E-state index contributed by atoms with van der Waals surface area (Å²) >= 11 is 12.2. The zero-order valence-corrected chi connectivity index (χ0v) is 24.8. The van der Waals surface area contributed by atoms with E-state index in [1.807, 2.05) is 44.2 Å².